The first-order valence-corrected chi connectivity index (χ1v) is 6.92. The Kier molecular flexibility index (Phi) is 6.32. The molecule has 16 heavy (non-hydrogen) atoms. The summed E-state index contributed by atoms with van der Waals surface area (Å²) in [7, 11) is -3.22. The molecule has 0 aromatic heterocycles. The Bertz CT molecular complexity index is 286. The summed E-state index contributed by atoms with van der Waals surface area (Å²) in [5, 5.41) is 2.06. The van der Waals surface area contributed by atoms with Crippen LogP contribution in [0.1, 0.15) is 20.3 Å². The molecule has 0 aliphatic heterocycles. The zero-order valence-corrected chi connectivity index (χ0v) is 10.3. The molecule has 0 bridgehead atoms. The Balaban J connectivity index is 3.75. The minimum absolute atomic E-state index is 0.0400. The lowest BCUT2D eigenvalue weighted by Crippen LogP contribution is -2.32. The van der Waals surface area contributed by atoms with Crippen LogP contribution in [0.4, 0.5) is 13.2 Å². The summed E-state index contributed by atoms with van der Waals surface area (Å²) in [5.74, 6) is 0.0756. The molecule has 98 valence electrons. The third-order valence-corrected chi connectivity index (χ3v) is 3.61. The van der Waals surface area contributed by atoms with Crippen LogP contribution in [0.15, 0.2) is 0 Å². The van der Waals surface area contributed by atoms with E-state index in [4.69, 9.17) is 0 Å². The quantitative estimate of drug-likeness (QED) is 0.708. The number of nitrogens with one attached hydrogen (secondary N) is 1. The molecule has 7 heteroatoms. The van der Waals surface area contributed by atoms with Gasteiger partial charge in [-0.1, -0.05) is 13.8 Å². The highest BCUT2D eigenvalue weighted by molar-refractivity contribution is 7.91. The number of sulfone groups is 1. The molecule has 0 saturated carbocycles. The van der Waals surface area contributed by atoms with Crippen molar-refractivity contribution in [3.05, 3.63) is 0 Å². The van der Waals surface area contributed by atoms with E-state index in [1.165, 1.54) is 0 Å². The second-order valence-corrected chi connectivity index (χ2v) is 6.43. The number of rotatable bonds is 7. The molecule has 0 amide bonds. The Morgan fingerprint density at radius 3 is 2.19 bits per heavy atom. The summed E-state index contributed by atoms with van der Waals surface area (Å²) >= 11 is 0. The third-order valence-electron chi connectivity index (χ3n) is 1.92. The molecule has 0 aliphatic rings. The maximum absolute atomic E-state index is 11.7. The fraction of sp³-hybridized carbons (Fsp3) is 1.00. The number of hydrogen-bond donors (Lipinski definition) is 1. The molecule has 0 fully saturated rings. The normalized spacial score (nSPS) is 13.4. The van der Waals surface area contributed by atoms with Gasteiger partial charge in [0.15, 0.2) is 9.84 Å². The largest absolute Gasteiger partial charge is 0.401 e. The van der Waals surface area contributed by atoms with E-state index in [0.717, 1.165) is 0 Å². The predicted octanol–water partition coefficient (Wildman–Crippen LogP) is 1.60. The van der Waals surface area contributed by atoms with Crippen LogP contribution in [0.5, 0.6) is 0 Å². The lowest BCUT2D eigenvalue weighted by molar-refractivity contribution is -0.124. The summed E-state index contributed by atoms with van der Waals surface area (Å²) in [6, 6.07) is 0. The SMILES string of the molecule is CC(C)CCS(=O)(=O)CCNCC(F)(F)F. The fourth-order valence-corrected chi connectivity index (χ4v) is 2.47. The molecule has 0 spiro atoms. The van der Waals surface area contributed by atoms with Crippen molar-refractivity contribution in [2.45, 2.75) is 26.4 Å². The Hall–Kier alpha value is -0.300. The van der Waals surface area contributed by atoms with Crippen LogP contribution in [-0.2, 0) is 9.84 Å². The average Bonchev–Trinajstić information content (AvgIpc) is 2.08. The fourth-order valence-electron chi connectivity index (χ4n) is 0.975. The highest BCUT2D eigenvalue weighted by Gasteiger charge is 2.26. The van der Waals surface area contributed by atoms with Crippen molar-refractivity contribution in [3.63, 3.8) is 0 Å². The predicted molar refractivity (Wildman–Crippen MR) is 57.0 cm³/mol. The molecule has 3 nitrogen and oxygen atoms in total. The van der Waals surface area contributed by atoms with Crippen LogP contribution in [0.2, 0.25) is 0 Å². The molecule has 1 N–H and O–H groups in total. The maximum atomic E-state index is 11.7. The van der Waals surface area contributed by atoms with Crippen LogP contribution < -0.4 is 5.32 Å². The van der Waals surface area contributed by atoms with Crippen molar-refractivity contribution < 1.29 is 21.6 Å². The van der Waals surface area contributed by atoms with Gasteiger partial charge in [0.2, 0.25) is 0 Å². The van der Waals surface area contributed by atoms with Gasteiger partial charge < -0.3 is 5.32 Å². The number of hydrogen-bond acceptors (Lipinski definition) is 3. The average molecular weight is 261 g/mol. The van der Waals surface area contributed by atoms with E-state index >= 15 is 0 Å². The van der Waals surface area contributed by atoms with E-state index in [1.54, 1.807) is 0 Å². The van der Waals surface area contributed by atoms with Gasteiger partial charge in [0, 0.05) is 6.54 Å². The zero-order chi connectivity index (χ0) is 12.8. The highest BCUT2D eigenvalue weighted by atomic mass is 32.2. The zero-order valence-electron chi connectivity index (χ0n) is 9.47. The summed E-state index contributed by atoms with van der Waals surface area (Å²) in [4.78, 5) is 0. The van der Waals surface area contributed by atoms with E-state index < -0.39 is 22.6 Å². The minimum Gasteiger partial charge on any atom is -0.308 e. The molecule has 0 saturated heterocycles. The molecule has 0 rings (SSSR count). The summed E-state index contributed by atoms with van der Waals surface area (Å²) in [5.41, 5.74) is 0. The monoisotopic (exact) mass is 261 g/mol. The number of halogens is 3. The van der Waals surface area contributed by atoms with Gasteiger partial charge in [-0.2, -0.15) is 13.2 Å². The van der Waals surface area contributed by atoms with Gasteiger partial charge in [0.1, 0.15) is 0 Å². The summed E-state index contributed by atoms with van der Waals surface area (Å²) < 4.78 is 57.8. The van der Waals surface area contributed by atoms with Crippen molar-refractivity contribution in [2.75, 3.05) is 24.6 Å². The highest BCUT2D eigenvalue weighted by Crippen LogP contribution is 2.12. The maximum Gasteiger partial charge on any atom is 0.401 e. The Labute approximate surface area is 94.3 Å². The molecule has 0 aromatic carbocycles. The summed E-state index contributed by atoms with van der Waals surface area (Å²) in [6.45, 7) is 2.50. The van der Waals surface area contributed by atoms with Gasteiger partial charge >= 0.3 is 6.18 Å². The lowest BCUT2D eigenvalue weighted by atomic mass is 10.2. The van der Waals surface area contributed by atoms with Crippen LogP contribution in [0, 0.1) is 5.92 Å². The van der Waals surface area contributed by atoms with Crippen molar-refractivity contribution in [2.24, 2.45) is 5.92 Å². The van der Waals surface area contributed by atoms with Gasteiger partial charge in [0.25, 0.3) is 0 Å². The van der Waals surface area contributed by atoms with E-state index in [1.807, 2.05) is 13.8 Å². The van der Waals surface area contributed by atoms with E-state index in [2.05, 4.69) is 5.32 Å². The van der Waals surface area contributed by atoms with Crippen LogP contribution in [-0.4, -0.2) is 39.2 Å². The Morgan fingerprint density at radius 1 is 1.19 bits per heavy atom. The van der Waals surface area contributed by atoms with Crippen molar-refractivity contribution in [3.8, 4) is 0 Å². The molecule has 0 atom stereocenters. The van der Waals surface area contributed by atoms with Crippen LogP contribution >= 0.6 is 0 Å². The molecular formula is C9H18F3NO2S. The van der Waals surface area contributed by atoms with Crippen LogP contribution in [0.3, 0.4) is 0 Å². The third kappa shape index (κ3) is 10.2. The molecule has 0 heterocycles. The topological polar surface area (TPSA) is 46.2 Å². The Morgan fingerprint density at radius 2 is 1.75 bits per heavy atom. The smallest absolute Gasteiger partial charge is 0.308 e. The van der Waals surface area contributed by atoms with Crippen LogP contribution in [0.25, 0.3) is 0 Å². The molecule has 0 radical (unpaired) electrons. The minimum atomic E-state index is -4.29. The lowest BCUT2D eigenvalue weighted by Gasteiger charge is -2.09. The second-order valence-electron chi connectivity index (χ2n) is 4.13. The van der Waals surface area contributed by atoms with Gasteiger partial charge in [0.05, 0.1) is 18.1 Å². The van der Waals surface area contributed by atoms with E-state index in [0.29, 0.717) is 6.42 Å². The molecule has 0 aromatic rings. The molecular weight excluding hydrogens is 243 g/mol. The van der Waals surface area contributed by atoms with E-state index in [-0.39, 0.29) is 24.0 Å². The van der Waals surface area contributed by atoms with E-state index in [9.17, 15) is 21.6 Å². The van der Waals surface area contributed by atoms with Gasteiger partial charge in [-0.15, -0.1) is 0 Å². The van der Waals surface area contributed by atoms with Crippen molar-refractivity contribution >= 4 is 9.84 Å². The second kappa shape index (κ2) is 6.44. The summed E-state index contributed by atoms with van der Waals surface area (Å²) in [6.07, 6.45) is -3.75. The first-order chi connectivity index (χ1) is 7.12. The standard InChI is InChI=1S/C9H18F3NO2S/c1-8(2)3-5-16(14,15)6-4-13-7-9(10,11)12/h8,13H,3-7H2,1-2H3. The molecule has 0 unspecified atom stereocenters. The first-order valence-electron chi connectivity index (χ1n) is 5.10. The number of alkyl halides is 3. The van der Waals surface area contributed by atoms with Crippen molar-refractivity contribution in [1.82, 2.24) is 5.32 Å². The first kappa shape index (κ1) is 15.7. The van der Waals surface area contributed by atoms with Gasteiger partial charge in [-0.05, 0) is 12.3 Å². The molecule has 0 aliphatic carbocycles. The van der Waals surface area contributed by atoms with Gasteiger partial charge in [-0.3, -0.25) is 0 Å². The van der Waals surface area contributed by atoms with Crippen molar-refractivity contribution in [1.29, 1.82) is 0 Å². The van der Waals surface area contributed by atoms with Gasteiger partial charge in [-0.25, -0.2) is 8.42 Å².